The molecule has 1 N–H and O–H groups in total. The Hall–Kier alpha value is -2.59. The van der Waals surface area contributed by atoms with Crippen LogP contribution in [0.15, 0.2) is 6.07 Å². The summed E-state index contributed by atoms with van der Waals surface area (Å²) in [6.45, 7) is 0. The van der Waals surface area contributed by atoms with Gasteiger partial charge in [0.2, 0.25) is 5.75 Å². The number of halogens is 3. The zero-order valence-corrected chi connectivity index (χ0v) is 9.09. The quantitative estimate of drug-likeness (QED) is 0.659. The number of nitrogens with zero attached hydrogens (tertiary/aromatic N) is 2. The number of carbonyl (C=O) groups is 1. The van der Waals surface area contributed by atoms with Crippen molar-refractivity contribution in [1.82, 2.24) is 4.98 Å². The smallest absolute Gasteiger partial charge is 0.477 e. The van der Waals surface area contributed by atoms with Crippen LogP contribution in [0, 0.1) is 10.1 Å². The molecule has 19 heavy (non-hydrogen) atoms. The summed E-state index contributed by atoms with van der Waals surface area (Å²) in [4.78, 5) is 23.1. The number of hydrogen-bond donors (Lipinski definition) is 1. The molecule has 0 unspecified atom stereocenters. The Balaban J connectivity index is 3.45. The van der Waals surface area contributed by atoms with E-state index in [1.165, 1.54) is 0 Å². The van der Waals surface area contributed by atoms with Crippen molar-refractivity contribution >= 4 is 11.8 Å². The summed E-state index contributed by atoms with van der Waals surface area (Å²) < 4.78 is 44.0. The Kier molecular flexibility index (Phi) is 3.77. The zero-order valence-electron chi connectivity index (χ0n) is 9.09. The number of alkyl halides is 3. The lowest BCUT2D eigenvalue weighted by atomic mass is 10.2. The van der Waals surface area contributed by atoms with Gasteiger partial charge >= 0.3 is 24.0 Å². The molecule has 8 nitrogen and oxygen atoms in total. The third-order valence-electron chi connectivity index (χ3n) is 1.76. The van der Waals surface area contributed by atoms with Crippen molar-refractivity contribution in [2.45, 2.75) is 6.36 Å². The maximum Gasteiger partial charge on any atom is 0.573 e. The number of rotatable bonds is 4. The number of aromatic nitrogens is 1. The number of aromatic carboxylic acids is 1. The van der Waals surface area contributed by atoms with E-state index < -0.39 is 40.3 Å². The summed E-state index contributed by atoms with van der Waals surface area (Å²) in [6.07, 6.45) is -5.23. The maximum atomic E-state index is 12.0. The molecular weight excluding hydrogens is 277 g/mol. The number of ether oxygens (including phenoxy) is 2. The highest BCUT2D eigenvalue weighted by atomic mass is 19.4. The minimum absolute atomic E-state index is 0.319. The molecule has 0 atom stereocenters. The fraction of sp³-hybridized carbons (Fsp3) is 0.250. The molecule has 0 fully saturated rings. The second-order valence-corrected chi connectivity index (χ2v) is 2.98. The maximum absolute atomic E-state index is 12.0. The number of hydrogen-bond acceptors (Lipinski definition) is 6. The molecular formula is C8H5F3N2O6. The number of nitro groups is 1. The summed E-state index contributed by atoms with van der Waals surface area (Å²) in [7, 11) is 0.961. The highest BCUT2D eigenvalue weighted by Gasteiger charge is 2.37. The predicted octanol–water partition coefficient (Wildman–Crippen LogP) is 1.60. The molecule has 0 saturated heterocycles. The Morgan fingerprint density at radius 1 is 1.53 bits per heavy atom. The van der Waals surface area contributed by atoms with Crippen LogP contribution in [-0.2, 0) is 0 Å². The van der Waals surface area contributed by atoms with Gasteiger partial charge in [-0.1, -0.05) is 0 Å². The van der Waals surface area contributed by atoms with Gasteiger partial charge in [0, 0.05) is 11.1 Å². The van der Waals surface area contributed by atoms with Gasteiger partial charge in [-0.3, -0.25) is 0 Å². The molecule has 0 radical (unpaired) electrons. The minimum atomic E-state index is -5.23. The topological polar surface area (TPSA) is 112 Å². The van der Waals surface area contributed by atoms with E-state index in [4.69, 9.17) is 5.11 Å². The highest BCUT2D eigenvalue weighted by molar-refractivity contribution is 5.91. The van der Waals surface area contributed by atoms with Crippen molar-refractivity contribution in [2.24, 2.45) is 0 Å². The largest absolute Gasteiger partial charge is 0.573 e. The second kappa shape index (κ2) is 4.96. The van der Waals surface area contributed by atoms with Crippen molar-refractivity contribution < 1.29 is 37.5 Å². The minimum Gasteiger partial charge on any atom is -0.477 e. The van der Waals surface area contributed by atoms with Gasteiger partial charge in [0.1, 0.15) is 0 Å². The van der Waals surface area contributed by atoms with Crippen molar-refractivity contribution in [3.63, 3.8) is 0 Å². The van der Waals surface area contributed by atoms with Crippen molar-refractivity contribution in [3.05, 3.63) is 21.7 Å². The van der Waals surface area contributed by atoms with E-state index in [2.05, 4.69) is 14.5 Å². The van der Waals surface area contributed by atoms with E-state index in [0.717, 1.165) is 7.11 Å². The molecule has 0 aliphatic carbocycles. The van der Waals surface area contributed by atoms with Crippen molar-refractivity contribution in [1.29, 1.82) is 0 Å². The Morgan fingerprint density at radius 3 is 2.47 bits per heavy atom. The van der Waals surface area contributed by atoms with Crippen LogP contribution >= 0.6 is 0 Å². The zero-order chi connectivity index (χ0) is 14.8. The van der Waals surface area contributed by atoms with Crippen LogP contribution in [0.4, 0.5) is 19.0 Å². The summed E-state index contributed by atoms with van der Waals surface area (Å²) in [5, 5.41) is 19.3. The molecule has 1 aromatic heterocycles. The molecule has 0 bridgehead atoms. The molecule has 1 heterocycles. The average Bonchev–Trinajstić information content (AvgIpc) is 2.25. The molecule has 11 heteroatoms. The highest BCUT2D eigenvalue weighted by Crippen LogP contribution is 2.34. The third-order valence-corrected chi connectivity index (χ3v) is 1.76. The first-order valence-electron chi connectivity index (χ1n) is 4.38. The number of methoxy groups -OCH3 is 1. The molecule has 0 spiro atoms. The van der Waals surface area contributed by atoms with E-state index in [9.17, 15) is 28.1 Å². The number of carboxylic acid groups (broad SMARTS) is 1. The summed E-state index contributed by atoms with van der Waals surface area (Å²) in [5.74, 6) is -5.02. The predicted molar refractivity (Wildman–Crippen MR) is 51.1 cm³/mol. The van der Waals surface area contributed by atoms with Crippen LogP contribution in [-0.4, -0.2) is 34.5 Å². The first-order chi connectivity index (χ1) is 8.65. The van der Waals surface area contributed by atoms with Gasteiger partial charge in [0.15, 0.2) is 5.56 Å². The molecule has 0 aliphatic rings. The standard InChI is InChI=1S/C8H5F3N2O6/c1-18-6-3(7(14)15)2-4(19-8(9,10)11)5(12-6)13(16)17/h2H,1H3,(H,14,15). The monoisotopic (exact) mass is 282 g/mol. The van der Waals surface area contributed by atoms with Gasteiger partial charge in [0.05, 0.1) is 7.11 Å². The van der Waals surface area contributed by atoms with Gasteiger partial charge in [-0.25, -0.2) is 4.79 Å². The Bertz CT molecular complexity index is 530. The van der Waals surface area contributed by atoms with Crippen LogP contribution in [0.3, 0.4) is 0 Å². The van der Waals surface area contributed by atoms with Crippen LogP contribution in [0.25, 0.3) is 0 Å². The molecule has 1 rings (SSSR count). The number of carboxylic acids is 1. The molecule has 104 valence electrons. The van der Waals surface area contributed by atoms with E-state index in [0.29, 0.717) is 6.07 Å². The molecule has 0 saturated carbocycles. The van der Waals surface area contributed by atoms with Crippen LogP contribution in [0.1, 0.15) is 10.4 Å². The first kappa shape index (κ1) is 14.5. The fourth-order valence-electron chi connectivity index (χ4n) is 1.11. The summed E-state index contributed by atoms with van der Waals surface area (Å²) >= 11 is 0. The normalized spacial score (nSPS) is 10.9. The van der Waals surface area contributed by atoms with Gasteiger partial charge in [-0.15, -0.1) is 13.2 Å². The lowest BCUT2D eigenvalue weighted by molar-refractivity contribution is -0.393. The van der Waals surface area contributed by atoms with Gasteiger partial charge in [-0.05, 0) is 4.92 Å². The lowest BCUT2D eigenvalue weighted by Gasteiger charge is -2.09. The van der Waals surface area contributed by atoms with Crippen LogP contribution in [0.5, 0.6) is 11.6 Å². The van der Waals surface area contributed by atoms with E-state index in [1.807, 2.05) is 0 Å². The molecule has 1 aromatic rings. The van der Waals surface area contributed by atoms with Gasteiger partial charge in [-0.2, -0.15) is 0 Å². The Morgan fingerprint density at radius 2 is 2.11 bits per heavy atom. The SMILES string of the molecule is COc1nc([N+](=O)[O-])c(OC(F)(F)F)cc1C(=O)O. The van der Waals surface area contributed by atoms with Crippen LogP contribution in [0.2, 0.25) is 0 Å². The lowest BCUT2D eigenvalue weighted by Crippen LogP contribution is -2.19. The third kappa shape index (κ3) is 3.43. The second-order valence-electron chi connectivity index (χ2n) is 2.98. The Labute approximate surface area is 102 Å². The van der Waals surface area contributed by atoms with Crippen LogP contribution < -0.4 is 9.47 Å². The van der Waals surface area contributed by atoms with E-state index >= 15 is 0 Å². The van der Waals surface area contributed by atoms with Crippen molar-refractivity contribution in [2.75, 3.05) is 7.11 Å². The number of pyridine rings is 1. The van der Waals surface area contributed by atoms with Gasteiger partial charge < -0.3 is 24.7 Å². The van der Waals surface area contributed by atoms with E-state index in [1.54, 1.807) is 0 Å². The molecule has 0 aromatic carbocycles. The van der Waals surface area contributed by atoms with Gasteiger partial charge in [0.25, 0.3) is 0 Å². The molecule has 0 aliphatic heterocycles. The summed E-state index contributed by atoms with van der Waals surface area (Å²) in [5.41, 5.74) is -0.799. The van der Waals surface area contributed by atoms with E-state index in [-0.39, 0.29) is 0 Å². The molecule has 0 amide bonds. The summed E-state index contributed by atoms with van der Waals surface area (Å²) in [6, 6.07) is 0.319. The first-order valence-corrected chi connectivity index (χ1v) is 4.38. The van der Waals surface area contributed by atoms with Crippen molar-refractivity contribution in [3.8, 4) is 11.6 Å². The fourth-order valence-corrected chi connectivity index (χ4v) is 1.11. The average molecular weight is 282 g/mol.